The van der Waals surface area contributed by atoms with Crippen LogP contribution in [0.25, 0.3) is 0 Å². The highest BCUT2D eigenvalue weighted by Gasteiger charge is 2.17. The van der Waals surface area contributed by atoms with Crippen LogP contribution in [0.4, 0.5) is 8.78 Å². The lowest BCUT2D eigenvalue weighted by atomic mass is 9.99. The number of rotatable bonds is 5. The normalized spacial score (nSPS) is 12.4. The number of thioether (sulfide) groups is 1. The minimum absolute atomic E-state index is 0.324. The Morgan fingerprint density at radius 2 is 1.85 bits per heavy atom. The summed E-state index contributed by atoms with van der Waals surface area (Å²) < 4.78 is 26.8. The first-order valence-corrected chi connectivity index (χ1v) is 7.28. The molecule has 0 radical (unpaired) electrons. The fourth-order valence-corrected chi connectivity index (χ4v) is 2.69. The van der Waals surface area contributed by atoms with E-state index in [1.807, 2.05) is 24.3 Å². The predicted molar refractivity (Wildman–Crippen MR) is 78.4 cm³/mol. The Hall–Kier alpha value is -1.43. The lowest BCUT2D eigenvalue weighted by Gasteiger charge is -2.18. The van der Waals surface area contributed by atoms with Crippen molar-refractivity contribution in [2.45, 2.75) is 17.9 Å². The van der Waals surface area contributed by atoms with Crippen molar-refractivity contribution < 1.29 is 8.78 Å². The summed E-state index contributed by atoms with van der Waals surface area (Å²) in [5.74, 6) is 5.30. The summed E-state index contributed by atoms with van der Waals surface area (Å²) in [4.78, 5) is 1.14. The van der Waals surface area contributed by atoms with Gasteiger partial charge in [-0.15, -0.1) is 11.8 Å². The summed E-state index contributed by atoms with van der Waals surface area (Å²) >= 11 is 1.73. The lowest BCUT2D eigenvalue weighted by Crippen LogP contribution is -2.29. The number of nitrogens with one attached hydrogen (secondary N) is 1. The Morgan fingerprint density at radius 3 is 2.40 bits per heavy atom. The van der Waals surface area contributed by atoms with Crippen molar-refractivity contribution in [1.82, 2.24) is 5.43 Å². The van der Waals surface area contributed by atoms with Gasteiger partial charge in [-0.3, -0.25) is 5.84 Å². The molecule has 5 heteroatoms. The zero-order valence-corrected chi connectivity index (χ0v) is 11.9. The Labute approximate surface area is 121 Å². The first kappa shape index (κ1) is 15.0. The predicted octanol–water partition coefficient (Wildman–Crippen LogP) is 3.63. The zero-order valence-electron chi connectivity index (χ0n) is 11.1. The third-order valence-corrected chi connectivity index (χ3v) is 3.86. The van der Waals surface area contributed by atoms with Crippen LogP contribution in [0.2, 0.25) is 0 Å². The van der Waals surface area contributed by atoms with Gasteiger partial charge in [0.15, 0.2) is 0 Å². The number of hydrogen-bond donors (Lipinski definition) is 2. The van der Waals surface area contributed by atoms with Crippen LogP contribution in [0.5, 0.6) is 0 Å². The van der Waals surface area contributed by atoms with E-state index in [0.717, 1.165) is 22.3 Å². The second-order valence-corrected chi connectivity index (χ2v) is 5.60. The number of hydrazine groups is 1. The summed E-state index contributed by atoms with van der Waals surface area (Å²) in [6.45, 7) is 2.08. The van der Waals surface area contributed by atoms with Gasteiger partial charge in [-0.2, -0.15) is 0 Å². The van der Waals surface area contributed by atoms with Crippen LogP contribution in [-0.4, -0.2) is 5.75 Å². The average Bonchev–Trinajstić information content (AvgIpc) is 2.44. The van der Waals surface area contributed by atoms with E-state index in [-0.39, 0.29) is 0 Å². The van der Waals surface area contributed by atoms with Crippen LogP contribution in [-0.2, 0) is 0 Å². The molecule has 0 spiro atoms. The molecule has 0 saturated carbocycles. The fraction of sp³-hybridized carbons (Fsp3) is 0.200. The second-order valence-electron chi connectivity index (χ2n) is 4.27. The zero-order chi connectivity index (χ0) is 14.5. The van der Waals surface area contributed by atoms with E-state index in [1.165, 1.54) is 12.1 Å². The van der Waals surface area contributed by atoms with Gasteiger partial charge in [0.05, 0.1) is 6.04 Å². The van der Waals surface area contributed by atoms with Crippen LogP contribution < -0.4 is 11.3 Å². The third-order valence-electron chi connectivity index (χ3n) is 2.96. The monoisotopic (exact) mass is 294 g/mol. The van der Waals surface area contributed by atoms with Crippen LogP contribution in [0, 0.1) is 11.6 Å². The third kappa shape index (κ3) is 3.36. The van der Waals surface area contributed by atoms with Gasteiger partial charge in [-0.25, -0.2) is 14.2 Å². The van der Waals surface area contributed by atoms with E-state index in [2.05, 4.69) is 12.3 Å². The molecular weight excluding hydrogens is 278 g/mol. The van der Waals surface area contributed by atoms with Crippen LogP contribution >= 0.6 is 11.8 Å². The van der Waals surface area contributed by atoms with E-state index < -0.39 is 17.7 Å². The lowest BCUT2D eigenvalue weighted by molar-refractivity contribution is 0.541. The van der Waals surface area contributed by atoms with Gasteiger partial charge in [-0.05, 0) is 29.5 Å². The summed E-state index contributed by atoms with van der Waals surface area (Å²) in [5, 5.41) is 0. The number of benzene rings is 2. The number of nitrogens with two attached hydrogens (primary N) is 1. The highest BCUT2D eigenvalue weighted by atomic mass is 32.2. The molecule has 0 aliphatic rings. The van der Waals surface area contributed by atoms with Crippen LogP contribution in [0.1, 0.15) is 24.1 Å². The van der Waals surface area contributed by atoms with Gasteiger partial charge < -0.3 is 0 Å². The first-order valence-electron chi connectivity index (χ1n) is 6.29. The molecule has 0 fully saturated rings. The van der Waals surface area contributed by atoms with E-state index >= 15 is 0 Å². The number of halogens is 2. The van der Waals surface area contributed by atoms with E-state index in [9.17, 15) is 8.78 Å². The average molecular weight is 294 g/mol. The Bertz CT molecular complexity index is 573. The molecule has 20 heavy (non-hydrogen) atoms. The van der Waals surface area contributed by atoms with Gasteiger partial charge in [-0.1, -0.05) is 25.1 Å². The first-order chi connectivity index (χ1) is 9.65. The second kappa shape index (κ2) is 6.83. The molecule has 0 aromatic heterocycles. The van der Waals surface area contributed by atoms with Crippen molar-refractivity contribution in [3.8, 4) is 0 Å². The van der Waals surface area contributed by atoms with Gasteiger partial charge in [0.2, 0.25) is 0 Å². The maximum Gasteiger partial charge on any atom is 0.131 e. The minimum Gasteiger partial charge on any atom is -0.271 e. The summed E-state index contributed by atoms with van der Waals surface area (Å²) in [6, 6.07) is 10.7. The van der Waals surface area contributed by atoms with Gasteiger partial charge in [0.25, 0.3) is 0 Å². The molecule has 0 saturated heterocycles. The molecule has 0 heterocycles. The van der Waals surface area contributed by atoms with Crippen molar-refractivity contribution in [1.29, 1.82) is 0 Å². The Morgan fingerprint density at radius 1 is 1.15 bits per heavy atom. The topological polar surface area (TPSA) is 38.0 Å². The van der Waals surface area contributed by atoms with Crippen molar-refractivity contribution in [3.05, 3.63) is 65.2 Å². The molecular formula is C15H16F2N2S. The Kier molecular flexibility index (Phi) is 5.11. The molecule has 1 unspecified atom stereocenters. The molecule has 2 nitrogen and oxygen atoms in total. The minimum atomic E-state index is -0.611. The van der Waals surface area contributed by atoms with E-state index in [0.29, 0.717) is 5.56 Å². The van der Waals surface area contributed by atoms with Gasteiger partial charge in [0.1, 0.15) is 11.6 Å². The van der Waals surface area contributed by atoms with Crippen LogP contribution in [0.3, 0.4) is 0 Å². The molecule has 2 rings (SSSR count). The fourth-order valence-electron chi connectivity index (χ4n) is 2.02. The molecule has 0 bridgehead atoms. The maximum absolute atomic E-state index is 13.8. The Balaban J connectivity index is 2.31. The van der Waals surface area contributed by atoms with Crippen molar-refractivity contribution in [2.75, 3.05) is 5.75 Å². The van der Waals surface area contributed by atoms with Crippen molar-refractivity contribution in [2.24, 2.45) is 5.84 Å². The molecule has 1 atom stereocenters. The largest absolute Gasteiger partial charge is 0.271 e. The highest BCUT2D eigenvalue weighted by molar-refractivity contribution is 7.99. The highest BCUT2D eigenvalue weighted by Crippen LogP contribution is 2.26. The SMILES string of the molecule is CCSc1ccc(C(NN)c2ccc(F)cc2F)cc1. The molecule has 2 aromatic rings. The molecule has 0 amide bonds. The summed E-state index contributed by atoms with van der Waals surface area (Å²) in [5.41, 5.74) is 3.73. The maximum atomic E-state index is 13.8. The molecule has 3 N–H and O–H groups in total. The van der Waals surface area contributed by atoms with Gasteiger partial charge >= 0.3 is 0 Å². The summed E-state index contributed by atoms with van der Waals surface area (Å²) in [6.07, 6.45) is 0. The molecule has 106 valence electrons. The van der Waals surface area contributed by atoms with Gasteiger partial charge in [0, 0.05) is 16.5 Å². The smallest absolute Gasteiger partial charge is 0.131 e. The van der Waals surface area contributed by atoms with Crippen LogP contribution in [0.15, 0.2) is 47.4 Å². The molecule has 0 aliphatic heterocycles. The van der Waals surface area contributed by atoms with Crippen molar-refractivity contribution >= 4 is 11.8 Å². The number of hydrogen-bond acceptors (Lipinski definition) is 3. The molecule has 2 aromatic carbocycles. The van der Waals surface area contributed by atoms with E-state index in [1.54, 1.807) is 11.8 Å². The standard InChI is InChI=1S/C15H16F2N2S/c1-2-20-12-6-3-10(4-7-12)15(19-18)13-8-5-11(16)9-14(13)17/h3-9,15,19H,2,18H2,1H3. The van der Waals surface area contributed by atoms with Crippen molar-refractivity contribution in [3.63, 3.8) is 0 Å². The molecule has 0 aliphatic carbocycles. The quantitative estimate of drug-likeness (QED) is 0.502. The van der Waals surface area contributed by atoms with E-state index in [4.69, 9.17) is 5.84 Å². The summed E-state index contributed by atoms with van der Waals surface area (Å²) in [7, 11) is 0.